The third kappa shape index (κ3) is 4.19. The van der Waals surface area contributed by atoms with Gasteiger partial charge in [-0.25, -0.2) is 13.8 Å². The van der Waals surface area contributed by atoms with Crippen molar-refractivity contribution in [2.75, 3.05) is 11.9 Å². The van der Waals surface area contributed by atoms with Crippen LogP contribution < -0.4 is 5.32 Å². The molecule has 3 rings (SSSR count). The van der Waals surface area contributed by atoms with Crippen LogP contribution in [0.4, 0.5) is 13.9 Å². The summed E-state index contributed by atoms with van der Waals surface area (Å²) >= 11 is 1.31. The predicted molar refractivity (Wildman–Crippen MR) is 90.2 cm³/mol. The third-order valence-electron chi connectivity index (χ3n) is 4.15. The first-order valence-corrected chi connectivity index (χ1v) is 8.86. The van der Waals surface area contributed by atoms with Crippen molar-refractivity contribution in [2.24, 2.45) is 0 Å². The number of thiazole rings is 1. The number of benzene rings is 1. The molecule has 2 aromatic rings. The summed E-state index contributed by atoms with van der Waals surface area (Å²) in [6.07, 6.45) is 3.03. The van der Waals surface area contributed by atoms with Crippen LogP contribution >= 0.6 is 11.3 Å². The normalized spacial score (nSPS) is 16.9. The number of hydrogen-bond acceptors (Lipinski definition) is 4. The zero-order valence-electron chi connectivity index (χ0n) is 13.4. The van der Waals surface area contributed by atoms with E-state index < -0.39 is 17.7 Å². The second kappa shape index (κ2) is 7.69. The maximum atomic E-state index is 13.7. The Morgan fingerprint density at radius 1 is 1.36 bits per heavy atom. The van der Waals surface area contributed by atoms with Crippen molar-refractivity contribution < 1.29 is 18.4 Å². The van der Waals surface area contributed by atoms with Gasteiger partial charge in [0, 0.05) is 24.5 Å². The van der Waals surface area contributed by atoms with Crippen LogP contribution in [0.1, 0.15) is 24.8 Å². The molecule has 8 heteroatoms. The minimum Gasteiger partial charge on any atom is -0.331 e. The van der Waals surface area contributed by atoms with Gasteiger partial charge in [-0.1, -0.05) is 0 Å². The van der Waals surface area contributed by atoms with E-state index in [1.807, 2.05) is 0 Å². The molecule has 1 aliphatic rings. The Morgan fingerprint density at radius 3 is 2.96 bits per heavy atom. The Labute approximate surface area is 147 Å². The van der Waals surface area contributed by atoms with Crippen LogP contribution in [0.2, 0.25) is 0 Å². The second-order valence-corrected chi connectivity index (χ2v) is 6.70. The fourth-order valence-electron chi connectivity index (χ4n) is 2.93. The van der Waals surface area contributed by atoms with Crippen molar-refractivity contribution in [3.63, 3.8) is 0 Å². The maximum Gasteiger partial charge on any atom is 0.248 e. The van der Waals surface area contributed by atoms with Crippen molar-refractivity contribution in [1.82, 2.24) is 9.88 Å². The van der Waals surface area contributed by atoms with Gasteiger partial charge in [-0.05, 0) is 43.0 Å². The molecule has 25 heavy (non-hydrogen) atoms. The molecule has 1 atom stereocenters. The molecular weight excluding hydrogens is 348 g/mol. The highest BCUT2D eigenvalue weighted by Crippen LogP contribution is 2.22. The van der Waals surface area contributed by atoms with E-state index >= 15 is 0 Å². The Morgan fingerprint density at radius 2 is 2.20 bits per heavy atom. The SMILES string of the molecule is O=C(Nc1nccs1)[C@@H]1CCCN1C(=O)CCc1cc(F)ccc1F. The molecule has 1 aromatic heterocycles. The number of carbonyl (C=O) groups is 2. The van der Waals surface area contributed by atoms with Crippen molar-refractivity contribution in [3.8, 4) is 0 Å². The molecule has 0 unspecified atom stereocenters. The van der Waals surface area contributed by atoms with Crippen molar-refractivity contribution >= 4 is 28.3 Å². The molecule has 2 heterocycles. The summed E-state index contributed by atoms with van der Waals surface area (Å²) in [7, 11) is 0. The number of halogens is 2. The Hall–Kier alpha value is -2.35. The minimum absolute atomic E-state index is 0.0292. The molecule has 5 nitrogen and oxygen atoms in total. The van der Waals surface area contributed by atoms with Crippen LogP contribution in [0.5, 0.6) is 0 Å². The van der Waals surface area contributed by atoms with Gasteiger partial charge in [-0.2, -0.15) is 0 Å². The van der Waals surface area contributed by atoms with Gasteiger partial charge >= 0.3 is 0 Å². The summed E-state index contributed by atoms with van der Waals surface area (Å²) in [5, 5.41) is 4.95. The summed E-state index contributed by atoms with van der Waals surface area (Å²) in [4.78, 5) is 30.3. The quantitative estimate of drug-likeness (QED) is 0.886. The average Bonchev–Trinajstić information content (AvgIpc) is 3.26. The summed E-state index contributed by atoms with van der Waals surface area (Å²) in [6.45, 7) is 0.487. The molecule has 1 N–H and O–H groups in total. The number of likely N-dealkylation sites (tertiary alicyclic amines) is 1. The number of carbonyl (C=O) groups excluding carboxylic acids is 2. The molecule has 2 amide bonds. The topological polar surface area (TPSA) is 62.3 Å². The third-order valence-corrected chi connectivity index (χ3v) is 4.84. The fourth-order valence-corrected chi connectivity index (χ4v) is 3.46. The molecule has 1 aliphatic heterocycles. The summed E-state index contributed by atoms with van der Waals surface area (Å²) in [6, 6.07) is 2.64. The van der Waals surface area contributed by atoms with Gasteiger partial charge < -0.3 is 10.2 Å². The van der Waals surface area contributed by atoms with Crippen molar-refractivity contribution in [1.29, 1.82) is 0 Å². The fraction of sp³-hybridized carbons (Fsp3) is 0.353. The van der Waals surface area contributed by atoms with E-state index in [9.17, 15) is 18.4 Å². The first kappa shape index (κ1) is 17.5. The first-order chi connectivity index (χ1) is 12.0. The number of nitrogens with one attached hydrogen (secondary N) is 1. The molecule has 0 spiro atoms. The van der Waals surface area contributed by atoms with E-state index in [1.54, 1.807) is 11.6 Å². The van der Waals surface area contributed by atoms with Crippen molar-refractivity contribution in [2.45, 2.75) is 31.7 Å². The second-order valence-electron chi connectivity index (χ2n) is 5.81. The summed E-state index contributed by atoms with van der Waals surface area (Å²) < 4.78 is 26.9. The molecule has 0 radical (unpaired) electrons. The number of rotatable bonds is 5. The van der Waals surface area contributed by atoms with Crippen LogP contribution in [-0.2, 0) is 16.0 Å². The Bertz CT molecular complexity index is 767. The monoisotopic (exact) mass is 365 g/mol. The predicted octanol–water partition coefficient (Wildman–Crippen LogP) is 2.98. The smallest absolute Gasteiger partial charge is 0.248 e. The van der Waals surface area contributed by atoms with Gasteiger partial charge in [0.1, 0.15) is 17.7 Å². The number of aromatic nitrogens is 1. The number of anilines is 1. The first-order valence-electron chi connectivity index (χ1n) is 7.98. The number of nitrogens with zero attached hydrogens (tertiary/aromatic N) is 2. The van der Waals surface area contributed by atoms with Gasteiger partial charge in [-0.15, -0.1) is 11.3 Å². The van der Waals surface area contributed by atoms with Gasteiger partial charge in [0.15, 0.2) is 5.13 Å². The number of aryl methyl sites for hydroxylation is 1. The van der Waals surface area contributed by atoms with Crippen molar-refractivity contribution in [3.05, 3.63) is 47.0 Å². The van der Waals surface area contributed by atoms with Gasteiger partial charge in [-0.3, -0.25) is 9.59 Å². The lowest BCUT2D eigenvalue weighted by atomic mass is 10.1. The van der Waals surface area contributed by atoms with Gasteiger partial charge in [0.2, 0.25) is 11.8 Å². The molecule has 0 saturated carbocycles. The zero-order chi connectivity index (χ0) is 17.8. The maximum absolute atomic E-state index is 13.7. The van der Waals surface area contributed by atoms with Crippen LogP contribution in [0.3, 0.4) is 0 Å². The average molecular weight is 365 g/mol. The standard InChI is InChI=1S/C17H17F2N3O2S/c18-12-4-5-13(19)11(10-12)3-6-15(23)22-8-1-2-14(22)16(24)21-17-20-7-9-25-17/h4-5,7,9-10,14H,1-3,6,8H2,(H,20,21,24)/t14-/m0/s1. The Balaban J connectivity index is 1.60. The van der Waals surface area contributed by atoms with Gasteiger partial charge in [0.05, 0.1) is 0 Å². The number of hydrogen-bond donors (Lipinski definition) is 1. The van der Waals surface area contributed by atoms with E-state index in [4.69, 9.17) is 0 Å². The van der Waals surface area contributed by atoms with E-state index in [0.29, 0.717) is 18.1 Å². The van der Waals surface area contributed by atoms with E-state index in [0.717, 1.165) is 24.6 Å². The van der Waals surface area contributed by atoms with E-state index in [2.05, 4.69) is 10.3 Å². The molecule has 0 bridgehead atoms. The highest BCUT2D eigenvalue weighted by Gasteiger charge is 2.34. The number of amides is 2. The molecule has 132 valence electrons. The molecule has 1 aromatic carbocycles. The molecular formula is C17H17F2N3O2S. The van der Waals surface area contributed by atoms with Crippen LogP contribution in [-0.4, -0.2) is 34.3 Å². The van der Waals surface area contributed by atoms with Crippen LogP contribution in [0.15, 0.2) is 29.8 Å². The lowest BCUT2D eigenvalue weighted by molar-refractivity contribution is -0.136. The van der Waals surface area contributed by atoms with Crippen LogP contribution in [0, 0.1) is 11.6 Å². The minimum atomic E-state index is -0.547. The lowest BCUT2D eigenvalue weighted by Gasteiger charge is -2.23. The molecule has 0 aliphatic carbocycles. The van der Waals surface area contributed by atoms with Gasteiger partial charge in [0.25, 0.3) is 0 Å². The molecule has 1 fully saturated rings. The lowest BCUT2D eigenvalue weighted by Crippen LogP contribution is -2.43. The highest BCUT2D eigenvalue weighted by molar-refractivity contribution is 7.13. The van der Waals surface area contributed by atoms with E-state index in [1.165, 1.54) is 16.2 Å². The zero-order valence-corrected chi connectivity index (χ0v) is 14.2. The van der Waals surface area contributed by atoms with Crippen LogP contribution in [0.25, 0.3) is 0 Å². The molecule has 1 saturated heterocycles. The summed E-state index contributed by atoms with van der Waals surface area (Å²) in [5.41, 5.74) is 0.163. The Kier molecular flexibility index (Phi) is 5.37. The summed E-state index contributed by atoms with van der Waals surface area (Å²) in [5.74, 6) is -1.57. The largest absolute Gasteiger partial charge is 0.331 e. The highest BCUT2D eigenvalue weighted by atomic mass is 32.1. The van der Waals surface area contributed by atoms with E-state index in [-0.39, 0.29) is 30.2 Å².